The van der Waals surface area contributed by atoms with E-state index < -0.39 is 5.91 Å². The Balaban J connectivity index is 2.11. The molecular weight excluding hydrogens is 226 g/mol. The summed E-state index contributed by atoms with van der Waals surface area (Å²) < 4.78 is 11.6. The van der Waals surface area contributed by atoms with Crippen LogP contribution in [0.3, 0.4) is 0 Å². The van der Waals surface area contributed by atoms with Crippen molar-refractivity contribution in [3.63, 3.8) is 0 Å². The molecule has 0 aromatic heterocycles. The molecule has 18 heavy (non-hydrogen) atoms. The van der Waals surface area contributed by atoms with Gasteiger partial charge in [-0.25, -0.2) is 5.32 Å². The van der Waals surface area contributed by atoms with Crippen LogP contribution in [0.2, 0.25) is 0 Å². The van der Waals surface area contributed by atoms with E-state index in [9.17, 15) is 0 Å². The summed E-state index contributed by atoms with van der Waals surface area (Å²) in [7, 11) is 1.80. The van der Waals surface area contributed by atoms with Crippen molar-refractivity contribution in [3.05, 3.63) is 60.7 Å². The molecule has 0 aliphatic rings. The third-order valence-electron chi connectivity index (χ3n) is 2.57. The summed E-state index contributed by atoms with van der Waals surface area (Å²) in [5.74, 6) is 0.610. The second kappa shape index (κ2) is 5.56. The molecule has 0 spiro atoms. The van der Waals surface area contributed by atoms with Crippen molar-refractivity contribution in [2.45, 2.75) is 12.8 Å². The molecule has 2 rings (SSSR count). The first-order valence-electron chi connectivity index (χ1n) is 5.89. The highest BCUT2D eigenvalue weighted by atomic mass is 16.7. The highest BCUT2D eigenvalue weighted by Gasteiger charge is 2.26. The Morgan fingerprint density at radius 3 is 1.50 bits per heavy atom. The third kappa shape index (κ3) is 3.25. The fourth-order valence-electron chi connectivity index (χ4n) is 1.55. The van der Waals surface area contributed by atoms with Gasteiger partial charge in [-0.2, -0.15) is 0 Å². The van der Waals surface area contributed by atoms with Crippen molar-refractivity contribution in [1.82, 2.24) is 5.32 Å². The normalized spacial score (nSPS) is 11.0. The number of nitrogens with one attached hydrogen (secondary N) is 1. The minimum Gasteiger partial charge on any atom is -0.440 e. The molecule has 2 aromatic carbocycles. The molecule has 0 radical (unpaired) electrons. The second-order valence-electron chi connectivity index (χ2n) is 4.03. The van der Waals surface area contributed by atoms with E-state index in [1.807, 2.05) is 67.6 Å². The van der Waals surface area contributed by atoms with Gasteiger partial charge in [-0.15, -0.1) is 0 Å². The van der Waals surface area contributed by atoms with Gasteiger partial charge >= 0.3 is 5.91 Å². The molecule has 0 aliphatic heterocycles. The molecule has 0 fully saturated rings. The number of ether oxygens (including phenoxy) is 2. The van der Waals surface area contributed by atoms with E-state index in [0.29, 0.717) is 0 Å². The summed E-state index contributed by atoms with van der Waals surface area (Å²) in [6.07, 6.45) is 0. The van der Waals surface area contributed by atoms with E-state index in [1.54, 1.807) is 7.05 Å². The van der Waals surface area contributed by atoms with Crippen molar-refractivity contribution in [2.75, 3.05) is 7.05 Å². The van der Waals surface area contributed by atoms with E-state index in [2.05, 4.69) is 5.32 Å². The zero-order valence-electron chi connectivity index (χ0n) is 10.6. The van der Waals surface area contributed by atoms with Crippen LogP contribution in [0.25, 0.3) is 0 Å². The minimum atomic E-state index is -0.900. The molecule has 0 amide bonds. The Bertz CT molecular complexity index is 429. The maximum Gasteiger partial charge on any atom is 0.309 e. The van der Waals surface area contributed by atoms with E-state index in [4.69, 9.17) is 9.47 Å². The molecule has 0 bridgehead atoms. The zero-order chi connectivity index (χ0) is 12.8. The number of hydrogen-bond acceptors (Lipinski definition) is 3. The lowest BCUT2D eigenvalue weighted by atomic mass is 10.3. The van der Waals surface area contributed by atoms with Crippen molar-refractivity contribution in [1.29, 1.82) is 0 Å². The molecule has 0 saturated carbocycles. The maximum absolute atomic E-state index is 5.82. The molecule has 3 nitrogen and oxygen atoms in total. The predicted octanol–water partition coefficient (Wildman–Crippen LogP) is 3.04. The summed E-state index contributed by atoms with van der Waals surface area (Å²) >= 11 is 0. The van der Waals surface area contributed by atoms with E-state index >= 15 is 0 Å². The van der Waals surface area contributed by atoms with Crippen LogP contribution in [0.1, 0.15) is 6.92 Å². The van der Waals surface area contributed by atoms with Gasteiger partial charge in [-0.3, -0.25) is 0 Å². The highest BCUT2D eigenvalue weighted by molar-refractivity contribution is 5.23. The molecule has 3 heteroatoms. The lowest BCUT2D eigenvalue weighted by Crippen LogP contribution is -2.50. The van der Waals surface area contributed by atoms with Crippen molar-refractivity contribution < 1.29 is 9.47 Å². The van der Waals surface area contributed by atoms with Crippen LogP contribution >= 0.6 is 0 Å². The van der Waals surface area contributed by atoms with Gasteiger partial charge in [0.2, 0.25) is 0 Å². The largest absolute Gasteiger partial charge is 0.440 e. The van der Waals surface area contributed by atoms with Crippen LogP contribution in [0.15, 0.2) is 60.7 Å². The zero-order valence-corrected chi connectivity index (χ0v) is 10.6. The van der Waals surface area contributed by atoms with E-state index in [0.717, 1.165) is 11.5 Å². The molecule has 0 atom stereocenters. The van der Waals surface area contributed by atoms with Gasteiger partial charge in [0.15, 0.2) is 0 Å². The third-order valence-corrected chi connectivity index (χ3v) is 2.57. The van der Waals surface area contributed by atoms with Gasteiger partial charge in [0.25, 0.3) is 0 Å². The number of rotatable bonds is 5. The molecule has 0 unspecified atom stereocenters. The smallest absolute Gasteiger partial charge is 0.309 e. The Kier molecular flexibility index (Phi) is 3.85. The molecule has 94 valence electrons. The Morgan fingerprint density at radius 1 is 0.778 bits per heavy atom. The molecule has 0 heterocycles. The highest BCUT2D eigenvalue weighted by Crippen LogP contribution is 2.20. The summed E-state index contributed by atoms with van der Waals surface area (Å²) in [6, 6.07) is 19.2. The average Bonchev–Trinajstić information content (AvgIpc) is 2.41. The van der Waals surface area contributed by atoms with Crippen LogP contribution in [-0.2, 0) is 0 Å². The summed E-state index contributed by atoms with van der Waals surface area (Å²) in [5.41, 5.74) is 0. The summed E-state index contributed by atoms with van der Waals surface area (Å²) in [5, 5.41) is 3.03. The fourth-order valence-corrected chi connectivity index (χ4v) is 1.55. The van der Waals surface area contributed by atoms with Crippen LogP contribution in [-0.4, -0.2) is 13.0 Å². The summed E-state index contributed by atoms with van der Waals surface area (Å²) in [4.78, 5) is 0. The lowest BCUT2D eigenvalue weighted by molar-refractivity contribution is -0.119. The van der Waals surface area contributed by atoms with E-state index in [1.165, 1.54) is 0 Å². The Morgan fingerprint density at radius 2 is 1.17 bits per heavy atom. The summed E-state index contributed by atoms with van der Waals surface area (Å²) in [6.45, 7) is 1.84. The van der Waals surface area contributed by atoms with Crippen LogP contribution < -0.4 is 14.8 Å². The molecule has 0 saturated heterocycles. The molecule has 2 aromatic rings. The van der Waals surface area contributed by atoms with Crippen LogP contribution in [0.5, 0.6) is 11.5 Å². The number of hydrogen-bond donors (Lipinski definition) is 1. The van der Waals surface area contributed by atoms with Crippen LogP contribution in [0, 0.1) is 0 Å². The van der Waals surface area contributed by atoms with Gasteiger partial charge in [-0.05, 0) is 31.3 Å². The number of para-hydroxylation sites is 2. The molecule has 1 N–H and O–H groups in total. The van der Waals surface area contributed by atoms with Gasteiger partial charge in [0, 0.05) is 6.92 Å². The average molecular weight is 243 g/mol. The SMILES string of the molecule is CNC(C)(Oc1ccccc1)Oc1ccccc1. The topological polar surface area (TPSA) is 30.5 Å². The van der Waals surface area contributed by atoms with Crippen molar-refractivity contribution >= 4 is 0 Å². The first-order chi connectivity index (χ1) is 8.72. The van der Waals surface area contributed by atoms with E-state index in [-0.39, 0.29) is 0 Å². The van der Waals surface area contributed by atoms with Gasteiger partial charge in [0.05, 0.1) is 0 Å². The first-order valence-corrected chi connectivity index (χ1v) is 5.89. The Hall–Kier alpha value is -2.00. The monoisotopic (exact) mass is 243 g/mol. The maximum atomic E-state index is 5.82. The lowest BCUT2D eigenvalue weighted by Gasteiger charge is -2.30. The quantitative estimate of drug-likeness (QED) is 0.819. The minimum absolute atomic E-state index is 0.755. The van der Waals surface area contributed by atoms with Crippen LogP contribution in [0.4, 0.5) is 0 Å². The van der Waals surface area contributed by atoms with Crippen molar-refractivity contribution in [3.8, 4) is 11.5 Å². The van der Waals surface area contributed by atoms with Gasteiger partial charge in [-0.1, -0.05) is 36.4 Å². The Labute approximate surface area is 107 Å². The standard InChI is InChI=1S/C15H17NO2/c1-15(16-2,17-13-9-5-3-6-10-13)18-14-11-7-4-8-12-14/h3-12,16H,1-2H3. The molecular formula is C15H17NO2. The van der Waals surface area contributed by atoms with Gasteiger partial charge < -0.3 is 9.47 Å². The first kappa shape index (κ1) is 12.5. The second-order valence-corrected chi connectivity index (χ2v) is 4.03. The van der Waals surface area contributed by atoms with Crippen molar-refractivity contribution in [2.24, 2.45) is 0 Å². The predicted molar refractivity (Wildman–Crippen MR) is 71.6 cm³/mol. The molecule has 0 aliphatic carbocycles. The number of benzene rings is 2. The van der Waals surface area contributed by atoms with Gasteiger partial charge in [0.1, 0.15) is 11.5 Å². The fraction of sp³-hybridized carbons (Fsp3) is 0.200.